The van der Waals surface area contributed by atoms with Crippen molar-refractivity contribution in [2.75, 3.05) is 0 Å². The third-order valence-electron chi connectivity index (χ3n) is 10.3. The van der Waals surface area contributed by atoms with Crippen LogP contribution in [-0.2, 0) is 4.79 Å². The van der Waals surface area contributed by atoms with Gasteiger partial charge in [0.15, 0.2) is 0 Å². The summed E-state index contributed by atoms with van der Waals surface area (Å²) in [5.41, 5.74) is 5.14. The maximum absolute atomic E-state index is 12.0. The number of aliphatic carboxylic acids is 1. The minimum Gasteiger partial charge on any atom is -0.481 e. The summed E-state index contributed by atoms with van der Waals surface area (Å²) in [4.78, 5) is 12.0. The third-order valence-corrected chi connectivity index (χ3v) is 10.3. The fourth-order valence-electron chi connectivity index (χ4n) is 8.71. The number of carboxylic acids is 1. The monoisotopic (exact) mass is 428 g/mol. The average Bonchev–Trinajstić information content (AvgIpc) is 3.05. The summed E-state index contributed by atoms with van der Waals surface area (Å²) >= 11 is 0. The quantitative estimate of drug-likeness (QED) is 0.475. The second-order valence-electron chi connectivity index (χ2n) is 12.1. The minimum atomic E-state index is -0.792. The molecule has 4 aliphatic carbocycles. The van der Waals surface area contributed by atoms with Crippen molar-refractivity contribution in [3.63, 3.8) is 0 Å². The molecular formula is C28H44O3. The van der Waals surface area contributed by atoms with Crippen molar-refractivity contribution >= 4 is 5.97 Å². The van der Waals surface area contributed by atoms with E-state index in [-0.39, 0.29) is 11.3 Å². The number of carbonyl (C=O) groups is 1. The van der Waals surface area contributed by atoms with Gasteiger partial charge in [0, 0.05) is 0 Å². The largest absolute Gasteiger partial charge is 0.481 e. The minimum absolute atomic E-state index is 0.0235. The molecule has 4 rings (SSSR count). The smallest absolute Gasteiger partial charge is 0.309 e. The van der Waals surface area contributed by atoms with Crippen LogP contribution in [0.15, 0.2) is 22.8 Å². The fourth-order valence-corrected chi connectivity index (χ4v) is 8.71. The zero-order chi connectivity index (χ0) is 22.6. The molecular weight excluding hydrogens is 384 g/mol. The summed E-state index contributed by atoms with van der Waals surface area (Å²) in [5.74, 6) is 0.979. The lowest BCUT2D eigenvalue weighted by Crippen LogP contribution is -2.51. The van der Waals surface area contributed by atoms with Crippen molar-refractivity contribution in [1.82, 2.24) is 0 Å². The van der Waals surface area contributed by atoms with Crippen LogP contribution >= 0.6 is 0 Å². The van der Waals surface area contributed by atoms with E-state index in [0.29, 0.717) is 17.8 Å². The third kappa shape index (κ3) is 3.73. The van der Waals surface area contributed by atoms with Crippen LogP contribution in [0, 0.1) is 40.4 Å². The predicted octanol–water partition coefficient (Wildman–Crippen LogP) is 6.76. The van der Waals surface area contributed by atoms with Gasteiger partial charge in [-0.3, -0.25) is 4.79 Å². The number of fused-ring (bicyclic) bond motifs is 4. The van der Waals surface area contributed by atoms with Crippen LogP contribution in [-0.4, -0.2) is 22.3 Å². The molecule has 3 nitrogen and oxygen atoms in total. The lowest BCUT2D eigenvalue weighted by atomic mass is 9.48. The normalized spacial score (nSPS) is 43.0. The van der Waals surface area contributed by atoms with E-state index < -0.39 is 18.0 Å². The van der Waals surface area contributed by atoms with Gasteiger partial charge in [0.05, 0.1) is 12.0 Å². The summed E-state index contributed by atoms with van der Waals surface area (Å²) in [6.07, 6.45) is 12.9. The van der Waals surface area contributed by atoms with E-state index in [1.54, 1.807) is 11.1 Å². The lowest BCUT2D eigenvalue weighted by Gasteiger charge is -2.56. The van der Waals surface area contributed by atoms with Gasteiger partial charge in [0.25, 0.3) is 0 Å². The Bertz CT molecular complexity index is 775. The summed E-state index contributed by atoms with van der Waals surface area (Å²) in [6.45, 7) is 11.8. The first kappa shape index (κ1) is 23.1. The Morgan fingerprint density at radius 2 is 1.87 bits per heavy atom. The molecule has 2 saturated carbocycles. The SMILES string of the molecule is CC(C)=CCCC(C)C1CCC2C3=C(CC[C@@]21C)[C@@]1(C)CC[C@H](O)C(C(=O)O)C1CC3. The second-order valence-corrected chi connectivity index (χ2v) is 12.1. The molecule has 0 spiro atoms. The van der Waals surface area contributed by atoms with Crippen molar-refractivity contribution < 1.29 is 15.0 Å². The van der Waals surface area contributed by atoms with E-state index >= 15 is 0 Å². The molecule has 0 aromatic carbocycles. The lowest BCUT2D eigenvalue weighted by molar-refractivity contribution is -0.156. The first-order chi connectivity index (χ1) is 14.6. The van der Waals surface area contributed by atoms with Crippen LogP contribution in [0.5, 0.6) is 0 Å². The number of allylic oxidation sites excluding steroid dienone is 4. The summed E-state index contributed by atoms with van der Waals surface area (Å²) in [5, 5.41) is 20.3. The van der Waals surface area contributed by atoms with Crippen molar-refractivity contribution in [3.05, 3.63) is 22.8 Å². The zero-order valence-corrected chi connectivity index (χ0v) is 20.4. The van der Waals surface area contributed by atoms with Crippen LogP contribution < -0.4 is 0 Å². The number of aliphatic hydroxyl groups is 1. The maximum Gasteiger partial charge on any atom is 0.309 e. The highest BCUT2D eigenvalue weighted by atomic mass is 16.4. The Morgan fingerprint density at radius 1 is 1.13 bits per heavy atom. The second kappa shape index (κ2) is 8.36. The van der Waals surface area contributed by atoms with Crippen LogP contribution in [0.3, 0.4) is 0 Å². The Balaban J connectivity index is 1.59. The number of rotatable bonds is 5. The van der Waals surface area contributed by atoms with Gasteiger partial charge >= 0.3 is 5.97 Å². The number of hydrogen-bond donors (Lipinski definition) is 2. The van der Waals surface area contributed by atoms with E-state index in [9.17, 15) is 15.0 Å². The van der Waals surface area contributed by atoms with Gasteiger partial charge in [0.1, 0.15) is 0 Å². The van der Waals surface area contributed by atoms with E-state index in [0.717, 1.165) is 37.5 Å². The van der Waals surface area contributed by atoms with Gasteiger partial charge in [-0.1, -0.05) is 43.6 Å². The van der Waals surface area contributed by atoms with Gasteiger partial charge < -0.3 is 10.2 Å². The molecule has 174 valence electrons. The molecule has 0 aliphatic heterocycles. The van der Waals surface area contributed by atoms with Crippen molar-refractivity contribution in [1.29, 1.82) is 0 Å². The topological polar surface area (TPSA) is 57.5 Å². The summed E-state index contributed by atoms with van der Waals surface area (Å²) < 4.78 is 0. The molecule has 0 bridgehead atoms. The molecule has 0 saturated heterocycles. The van der Waals surface area contributed by atoms with E-state index in [2.05, 4.69) is 40.7 Å². The van der Waals surface area contributed by atoms with Crippen LogP contribution in [0.4, 0.5) is 0 Å². The van der Waals surface area contributed by atoms with Gasteiger partial charge in [0.2, 0.25) is 0 Å². The molecule has 5 unspecified atom stereocenters. The fraction of sp³-hybridized carbons (Fsp3) is 0.821. The Labute approximate surface area is 189 Å². The Kier molecular flexibility index (Phi) is 6.22. The molecule has 2 N–H and O–H groups in total. The number of hydrogen-bond acceptors (Lipinski definition) is 2. The van der Waals surface area contributed by atoms with E-state index in [1.807, 2.05) is 0 Å². The standard InChI is InChI=1S/C28H44O3/c1-17(2)7-6-8-18(3)20-11-12-21-19-9-10-23-25(26(30)31)24(29)14-16-28(23,5)22(19)13-15-27(20,21)4/h7,18,20-21,23-25,29H,6,8-16H2,1-5H3,(H,30,31)/t18?,20?,21?,23?,24-,25?,27+,28+/m0/s1. The Morgan fingerprint density at radius 3 is 2.55 bits per heavy atom. The zero-order valence-electron chi connectivity index (χ0n) is 20.4. The molecule has 0 aromatic heterocycles. The van der Waals surface area contributed by atoms with Crippen molar-refractivity contribution in [3.8, 4) is 0 Å². The average molecular weight is 429 g/mol. The first-order valence-electron chi connectivity index (χ1n) is 12.9. The molecule has 8 atom stereocenters. The van der Waals surface area contributed by atoms with E-state index in [1.165, 1.54) is 37.7 Å². The first-order valence-corrected chi connectivity index (χ1v) is 12.9. The molecule has 0 amide bonds. The van der Waals surface area contributed by atoms with Gasteiger partial charge in [-0.05, 0) is 113 Å². The van der Waals surface area contributed by atoms with Crippen molar-refractivity contribution in [2.24, 2.45) is 40.4 Å². The summed E-state index contributed by atoms with van der Waals surface area (Å²) in [7, 11) is 0. The molecule has 0 aromatic rings. The molecule has 2 fully saturated rings. The molecule has 3 heteroatoms. The van der Waals surface area contributed by atoms with Gasteiger partial charge in [-0.25, -0.2) is 0 Å². The maximum atomic E-state index is 12.0. The van der Waals surface area contributed by atoms with Crippen LogP contribution in [0.25, 0.3) is 0 Å². The number of aliphatic hydroxyl groups excluding tert-OH is 1. The molecule has 0 radical (unpaired) electrons. The van der Waals surface area contributed by atoms with Gasteiger partial charge in [-0.15, -0.1) is 0 Å². The Hall–Kier alpha value is -1.09. The highest BCUT2D eigenvalue weighted by Gasteiger charge is 2.58. The van der Waals surface area contributed by atoms with E-state index in [4.69, 9.17) is 0 Å². The highest BCUT2D eigenvalue weighted by molar-refractivity contribution is 5.72. The van der Waals surface area contributed by atoms with Crippen molar-refractivity contribution in [2.45, 2.75) is 105 Å². The number of carboxylic acid groups (broad SMARTS) is 1. The van der Waals surface area contributed by atoms with Crippen LogP contribution in [0.1, 0.15) is 98.8 Å². The summed E-state index contributed by atoms with van der Waals surface area (Å²) in [6, 6.07) is 0. The molecule has 0 heterocycles. The highest BCUT2D eigenvalue weighted by Crippen LogP contribution is 2.66. The molecule has 31 heavy (non-hydrogen) atoms. The molecule has 4 aliphatic rings. The van der Waals surface area contributed by atoms with Gasteiger partial charge in [-0.2, -0.15) is 0 Å². The predicted molar refractivity (Wildman–Crippen MR) is 126 cm³/mol. The van der Waals surface area contributed by atoms with Crippen LogP contribution in [0.2, 0.25) is 0 Å².